The summed E-state index contributed by atoms with van der Waals surface area (Å²) in [4.78, 5) is 4.52. The number of nitrogens with zero attached hydrogens (tertiary/aromatic N) is 2. The monoisotopic (exact) mass is 253 g/mol. The number of hydrogen-bond acceptors (Lipinski definition) is 3. The Morgan fingerprint density at radius 2 is 2.29 bits per heavy atom. The Hall–Kier alpha value is -1.10. The third-order valence-corrected chi connectivity index (χ3v) is 2.97. The van der Waals surface area contributed by atoms with Gasteiger partial charge in [0.15, 0.2) is 0 Å². The highest BCUT2D eigenvalue weighted by Crippen LogP contribution is 2.19. The fourth-order valence-electron chi connectivity index (χ4n) is 1.79. The molecule has 2 N–H and O–H groups in total. The van der Waals surface area contributed by atoms with Crippen molar-refractivity contribution < 1.29 is 5.11 Å². The summed E-state index contributed by atoms with van der Waals surface area (Å²) in [5.41, 5.74) is 1.99. The molecule has 92 valence electrons. The number of aliphatic hydroxyl groups excluding tert-OH is 1. The first-order valence-electron chi connectivity index (χ1n) is 5.65. The van der Waals surface area contributed by atoms with Gasteiger partial charge in [0.2, 0.25) is 0 Å². The molecule has 2 rings (SSSR count). The zero-order chi connectivity index (χ0) is 12.3. The maximum atomic E-state index is 8.69. The van der Waals surface area contributed by atoms with E-state index in [1.54, 1.807) is 0 Å². The highest BCUT2D eigenvalue weighted by molar-refractivity contribution is 6.31. The quantitative estimate of drug-likeness (QED) is 0.798. The Morgan fingerprint density at radius 1 is 1.47 bits per heavy atom. The summed E-state index contributed by atoms with van der Waals surface area (Å²) in [6.45, 7) is 1.70. The summed E-state index contributed by atoms with van der Waals surface area (Å²) >= 11 is 5.93. The van der Waals surface area contributed by atoms with Crippen LogP contribution in [0, 0.1) is 0 Å². The lowest BCUT2D eigenvalue weighted by Gasteiger charge is -2.03. The second-order valence-corrected chi connectivity index (χ2v) is 4.41. The molecular formula is C12H16ClN3O. The highest BCUT2D eigenvalue weighted by atomic mass is 35.5. The Labute approximate surface area is 105 Å². The van der Waals surface area contributed by atoms with Crippen molar-refractivity contribution in [3.8, 4) is 0 Å². The van der Waals surface area contributed by atoms with E-state index in [2.05, 4.69) is 14.9 Å². The Kier molecular flexibility index (Phi) is 3.99. The minimum atomic E-state index is 0.213. The van der Waals surface area contributed by atoms with Crippen molar-refractivity contribution in [3.63, 3.8) is 0 Å². The summed E-state index contributed by atoms with van der Waals surface area (Å²) < 4.78 is 2.05. The number of fused-ring (bicyclic) bond motifs is 1. The van der Waals surface area contributed by atoms with Crippen LogP contribution in [0.5, 0.6) is 0 Å². The Bertz CT molecular complexity index is 510. The van der Waals surface area contributed by atoms with Gasteiger partial charge >= 0.3 is 0 Å². The molecule has 4 nitrogen and oxygen atoms in total. The molecule has 1 heterocycles. The normalized spacial score (nSPS) is 11.2. The van der Waals surface area contributed by atoms with Crippen molar-refractivity contribution in [2.45, 2.75) is 13.0 Å². The predicted octanol–water partition coefficient (Wildman–Crippen LogP) is 1.70. The van der Waals surface area contributed by atoms with E-state index in [-0.39, 0.29) is 6.61 Å². The van der Waals surface area contributed by atoms with Gasteiger partial charge in [-0.15, -0.1) is 0 Å². The van der Waals surface area contributed by atoms with Gasteiger partial charge in [0.1, 0.15) is 5.82 Å². The van der Waals surface area contributed by atoms with E-state index < -0.39 is 0 Å². The Balaban J connectivity index is 2.15. The number of halogens is 1. The molecule has 0 fully saturated rings. The second kappa shape index (κ2) is 5.49. The molecule has 0 aliphatic rings. The number of rotatable bonds is 5. The first-order valence-corrected chi connectivity index (χ1v) is 6.02. The van der Waals surface area contributed by atoms with E-state index in [1.165, 1.54) is 0 Å². The van der Waals surface area contributed by atoms with Crippen LogP contribution in [0.15, 0.2) is 18.2 Å². The van der Waals surface area contributed by atoms with E-state index in [4.69, 9.17) is 16.7 Å². The highest BCUT2D eigenvalue weighted by Gasteiger charge is 2.07. The molecular weight excluding hydrogens is 238 g/mol. The van der Waals surface area contributed by atoms with Crippen LogP contribution in [-0.4, -0.2) is 27.8 Å². The van der Waals surface area contributed by atoms with Gasteiger partial charge in [-0.05, 0) is 31.2 Å². The average Bonchev–Trinajstić information content (AvgIpc) is 2.61. The molecule has 0 saturated heterocycles. The molecule has 0 unspecified atom stereocenters. The van der Waals surface area contributed by atoms with E-state index in [0.717, 1.165) is 29.8 Å². The van der Waals surface area contributed by atoms with Gasteiger partial charge in [0, 0.05) is 18.7 Å². The van der Waals surface area contributed by atoms with Gasteiger partial charge in [-0.2, -0.15) is 0 Å². The molecule has 0 bridgehead atoms. The molecule has 0 aliphatic carbocycles. The van der Waals surface area contributed by atoms with Crippen molar-refractivity contribution in [3.05, 3.63) is 29.0 Å². The number of nitrogens with one attached hydrogen (secondary N) is 1. The van der Waals surface area contributed by atoms with Crippen molar-refractivity contribution in [1.29, 1.82) is 0 Å². The lowest BCUT2D eigenvalue weighted by atomic mass is 10.3. The summed E-state index contributed by atoms with van der Waals surface area (Å²) in [6.07, 6.45) is 0.760. The lowest BCUT2D eigenvalue weighted by molar-refractivity contribution is 0.285. The number of hydrogen-bond donors (Lipinski definition) is 2. The minimum Gasteiger partial charge on any atom is -0.396 e. The van der Waals surface area contributed by atoms with Crippen molar-refractivity contribution >= 4 is 22.6 Å². The first kappa shape index (κ1) is 12.4. The van der Waals surface area contributed by atoms with Crippen LogP contribution in [0.3, 0.4) is 0 Å². The maximum Gasteiger partial charge on any atom is 0.123 e. The molecule has 0 aliphatic heterocycles. The molecule has 0 spiro atoms. The largest absolute Gasteiger partial charge is 0.396 e. The molecule has 5 heteroatoms. The van der Waals surface area contributed by atoms with Crippen molar-refractivity contribution in [2.24, 2.45) is 7.05 Å². The molecule has 0 radical (unpaired) electrons. The van der Waals surface area contributed by atoms with Crippen molar-refractivity contribution in [1.82, 2.24) is 14.9 Å². The van der Waals surface area contributed by atoms with Crippen LogP contribution in [0.1, 0.15) is 12.2 Å². The molecule has 0 amide bonds. The standard InChI is InChI=1S/C12H16ClN3O/c1-16-11-4-3-9(13)7-10(11)15-12(16)8-14-5-2-6-17/h3-4,7,14,17H,2,5-6,8H2,1H3. The average molecular weight is 254 g/mol. The van der Waals surface area contributed by atoms with Gasteiger partial charge in [0.25, 0.3) is 0 Å². The number of aromatic nitrogens is 2. The van der Waals surface area contributed by atoms with E-state index >= 15 is 0 Å². The molecule has 0 saturated carbocycles. The molecule has 0 atom stereocenters. The van der Waals surface area contributed by atoms with E-state index in [9.17, 15) is 0 Å². The van der Waals surface area contributed by atoms with Gasteiger partial charge in [0.05, 0.1) is 17.6 Å². The molecule has 1 aromatic carbocycles. The summed E-state index contributed by atoms with van der Waals surface area (Å²) in [6, 6.07) is 5.71. The second-order valence-electron chi connectivity index (χ2n) is 3.97. The maximum absolute atomic E-state index is 8.69. The van der Waals surface area contributed by atoms with Crippen LogP contribution >= 0.6 is 11.6 Å². The smallest absolute Gasteiger partial charge is 0.123 e. The van der Waals surface area contributed by atoms with E-state index in [0.29, 0.717) is 11.6 Å². The summed E-state index contributed by atoms with van der Waals surface area (Å²) in [7, 11) is 1.99. The molecule has 17 heavy (non-hydrogen) atoms. The van der Waals surface area contributed by atoms with Crippen LogP contribution in [0.4, 0.5) is 0 Å². The number of aryl methyl sites for hydroxylation is 1. The first-order chi connectivity index (χ1) is 8.22. The lowest BCUT2D eigenvalue weighted by Crippen LogP contribution is -2.18. The number of aliphatic hydroxyl groups is 1. The predicted molar refractivity (Wildman–Crippen MR) is 69.1 cm³/mol. The fraction of sp³-hybridized carbons (Fsp3) is 0.417. The SMILES string of the molecule is Cn1c(CNCCCO)nc2cc(Cl)ccc21. The topological polar surface area (TPSA) is 50.1 Å². The van der Waals surface area contributed by atoms with Crippen LogP contribution in [-0.2, 0) is 13.6 Å². The van der Waals surface area contributed by atoms with Gasteiger partial charge in [-0.25, -0.2) is 4.98 Å². The fourth-order valence-corrected chi connectivity index (χ4v) is 1.95. The van der Waals surface area contributed by atoms with Gasteiger partial charge in [-0.1, -0.05) is 11.6 Å². The number of imidazole rings is 1. The van der Waals surface area contributed by atoms with Gasteiger partial charge < -0.3 is 15.0 Å². The summed E-state index contributed by atoms with van der Waals surface area (Å²) in [5, 5.41) is 12.6. The molecule has 2 aromatic rings. The third kappa shape index (κ3) is 2.77. The van der Waals surface area contributed by atoms with Crippen LogP contribution in [0.2, 0.25) is 5.02 Å². The zero-order valence-electron chi connectivity index (χ0n) is 9.78. The Morgan fingerprint density at radius 3 is 3.06 bits per heavy atom. The van der Waals surface area contributed by atoms with E-state index in [1.807, 2.05) is 25.2 Å². The summed E-state index contributed by atoms with van der Waals surface area (Å²) in [5.74, 6) is 0.972. The molecule has 1 aromatic heterocycles. The van der Waals surface area contributed by atoms with Crippen LogP contribution in [0.25, 0.3) is 11.0 Å². The van der Waals surface area contributed by atoms with Gasteiger partial charge in [-0.3, -0.25) is 0 Å². The zero-order valence-corrected chi connectivity index (χ0v) is 10.5. The van der Waals surface area contributed by atoms with Crippen molar-refractivity contribution in [2.75, 3.05) is 13.2 Å². The minimum absolute atomic E-state index is 0.213. The number of benzene rings is 1. The van der Waals surface area contributed by atoms with Crippen LogP contribution < -0.4 is 5.32 Å². The third-order valence-electron chi connectivity index (χ3n) is 2.73.